The van der Waals surface area contributed by atoms with E-state index < -0.39 is 0 Å². The third-order valence-corrected chi connectivity index (χ3v) is 3.33. The van der Waals surface area contributed by atoms with E-state index in [4.69, 9.17) is 4.74 Å². The van der Waals surface area contributed by atoms with E-state index >= 15 is 0 Å². The van der Waals surface area contributed by atoms with Gasteiger partial charge in [-0.1, -0.05) is 0 Å². The molecular formula is C9H19NOS2. The van der Waals surface area contributed by atoms with Crippen molar-refractivity contribution in [1.82, 2.24) is 4.90 Å². The van der Waals surface area contributed by atoms with Gasteiger partial charge in [0.15, 0.2) is 0 Å². The van der Waals surface area contributed by atoms with Crippen LogP contribution in [-0.4, -0.2) is 55.0 Å². The summed E-state index contributed by atoms with van der Waals surface area (Å²) in [5.74, 6) is 3.44. The Morgan fingerprint density at radius 2 is 2.15 bits per heavy atom. The summed E-state index contributed by atoms with van der Waals surface area (Å²) >= 11 is 6.16. The van der Waals surface area contributed by atoms with Gasteiger partial charge in [0.2, 0.25) is 0 Å². The molecule has 1 aliphatic heterocycles. The number of hydrogen-bond donors (Lipinski definition) is 1. The van der Waals surface area contributed by atoms with Gasteiger partial charge in [-0.2, -0.15) is 24.4 Å². The topological polar surface area (TPSA) is 12.5 Å². The summed E-state index contributed by atoms with van der Waals surface area (Å²) in [5.41, 5.74) is 0. The highest BCUT2D eigenvalue weighted by Crippen LogP contribution is 2.09. The molecule has 0 saturated carbocycles. The van der Waals surface area contributed by atoms with E-state index in [-0.39, 0.29) is 0 Å². The van der Waals surface area contributed by atoms with Crippen molar-refractivity contribution in [2.75, 3.05) is 50.1 Å². The van der Waals surface area contributed by atoms with E-state index in [0.29, 0.717) is 0 Å². The molecule has 0 spiro atoms. The third kappa shape index (κ3) is 5.83. The van der Waals surface area contributed by atoms with E-state index in [1.807, 2.05) is 0 Å². The SMILES string of the molecule is SCCOCCN1CCCSCC1. The summed E-state index contributed by atoms with van der Waals surface area (Å²) in [7, 11) is 0. The summed E-state index contributed by atoms with van der Waals surface area (Å²) in [4.78, 5) is 2.50. The van der Waals surface area contributed by atoms with Crippen LogP contribution in [0, 0.1) is 0 Å². The van der Waals surface area contributed by atoms with Crippen LogP contribution < -0.4 is 0 Å². The van der Waals surface area contributed by atoms with Crippen LogP contribution in [0.25, 0.3) is 0 Å². The summed E-state index contributed by atoms with van der Waals surface area (Å²) < 4.78 is 5.40. The van der Waals surface area contributed by atoms with Gasteiger partial charge in [0.1, 0.15) is 0 Å². The molecule has 2 nitrogen and oxygen atoms in total. The Morgan fingerprint density at radius 3 is 3.00 bits per heavy atom. The minimum atomic E-state index is 0.783. The highest BCUT2D eigenvalue weighted by atomic mass is 32.2. The fourth-order valence-corrected chi connectivity index (χ4v) is 2.44. The Balaban J connectivity index is 1.98. The molecule has 1 fully saturated rings. The Labute approximate surface area is 90.8 Å². The Kier molecular flexibility index (Phi) is 7.17. The van der Waals surface area contributed by atoms with Crippen LogP contribution in [0.1, 0.15) is 6.42 Å². The first-order chi connectivity index (χ1) is 6.43. The zero-order valence-electron chi connectivity index (χ0n) is 8.07. The van der Waals surface area contributed by atoms with Crippen molar-refractivity contribution >= 4 is 24.4 Å². The number of thioether (sulfide) groups is 1. The first-order valence-corrected chi connectivity index (χ1v) is 6.71. The Hall–Kier alpha value is 0.620. The molecule has 0 bridgehead atoms. The van der Waals surface area contributed by atoms with Gasteiger partial charge in [-0.05, 0) is 18.7 Å². The van der Waals surface area contributed by atoms with Gasteiger partial charge in [0, 0.05) is 24.6 Å². The summed E-state index contributed by atoms with van der Waals surface area (Å²) in [6.45, 7) is 5.22. The monoisotopic (exact) mass is 221 g/mol. The number of rotatable bonds is 5. The van der Waals surface area contributed by atoms with Crippen molar-refractivity contribution in [3.63, 3.8) is 0 Å². The molecule has 0 N–H and O–H groups in total. The second-order valence-corrected chi connectivity index (χ2v) is 4.82. The van der Waals surface area contributed by atoms with Crippen molar-refractivity contribution in [3.8, 4) is 0 Å². The molecule has 0 radical (unpaired) electrons. The molecule has 13 heavy (non-hydrogen) atoms. The predicted octanol–water partition coefficient (Wildman–Crippen LogP) is 1.37. The predicted molar refractivity (Wildman–Crippen MR) is 63.1 cm³/mol. The lowest BCUT2D eigenvalue weighted by atomic mass is 10.4. The Bertz CT molecular complexity index is 116. The lowest BCUT2D eigenvalue weighted by molar-refractivity contribution is 0.118. The number of thiol groups is 1. The molecule has 0 atom stereocenters. The summed E-state index contributed by atoms with van der Waals surface area (Å²) in [5, 5.41) is 0. The lowest BCUT2D eigenvalue weighted by Gasteiger charge is -2.18. The fraction of sp³-hybridized carbons (Fsp3) is 1.00. The van der Waals surface area contributed by atoms with Crippen LogP contribution in [0.5, 0.6) is 0 Å². The highest BCUT2D eigenvalue weighted by Gasteiger charge is 2.07. The van der Waals surface area contributed by atoms with Gasteiger partial charge < -0.3 is 9.64 Å². The molecule has 0 aromatic rings. The number of nitrogens with zero attached hydrogens (tertiary/aromatic N) is 1. The molecule has 0 aromatic carbocycles. The zero-order valence-corrected chi connectivity index (χ0v) is 9.79. The van der Waals surface area contributed by atoms with Crippen molar-refractivity contribution in [2.24, 2.45) is 0 Å². The largest absolute Gasteiger partial charge is 0.379 e. The van der Waals surface area contributed by atoms with Crippen LogP contribution in [0.2, 0.25) is 0 Å². The first-order valence-electron chi connectivity index (χ1n) is 4.92. The van der Waals surface area contributed by atoms with Gasteiger partial charge in [-0.15, -0.1) is 0 Å². The molecule has 1 aliphatic rings. The molecule has 1 heterocycles. The molecule has 4 heteroatoms. The maximum absolute atomic E-state index is 5.40. The molecule has 0 amide bonds. The van der Waals surface area contributed by atoms with Crippen LogP contribution in [0.4, 0.5) is 0 Å². The smallest absolute Gasteiger partial charge is 0.0593 e. The fourth-order valence-electron chi connectivity index (χ4n) is 1.38. The van der Waals surface area contributed by atoms with Crippen molar-refractivity contribution in [1.29, 1.82) is 0 Å². The van der Waals surface area contributed by atoms with E-state index in [2.05, 4.69) is 29.3 Å². The van der Waals surface area contributed by atoms with Gasteiger partial charge in [0.05, 0.1) is 13.2 Å². The van der Waals surface area contributed by atoms with Crippen molar-refractivity contribution < 1.29 is 4.74 Å². The van der Waals surface area contributed by atoms with E-state index in [0.717, 1.165) is 25.5 Å². The van der Waals surface area contributed by atoms with Crippen LogP contribution in [0.15, 0.2) is 0 Å². The van der Waals surface area contributed by atoms with Crippen LogP contribution in [0.3, 0.4) is 0 Å². The van der Waals surface area contributed by atoms with Crippen LogP contribution in [-0.2, 0) is 4.74 Å². The normalized spacial score (nSPS) is 20.1. The maximum atomic E-state index is 5.40. The average molecular weight is 221 g/mol. The maximum Gasteiger partial charge on any atom is 0.0593 e. The van der Waals surface area contributed by atoms with Gasteiger partial charge in [-0.25, -0.2) is 0 Å². The second kappa shape index (κ2) is 7.97. The molecule has 0 aromatic heterocycles. The molecule has 78 valence electrons. The molecule has 1 saturated heterocycles. The zero-order chi connectivity index (χ0) is 9.36. The lowest BCUT2D eigenvalue weighted by Crippen LogP contribution is -2.29. The molecule has 0 aliphatic carbocycles. The summed E-state index contributed by atoms with van der Waals surface area (Å²) in [6.07, 6.45) is 1.33. The first kappa shape index (κ1) is 11.7. The quantitative estimate of drug-likeness (QED) is 0.556. The van der Waals surface area contributed by atoms with E-state index in [1.165, 1.54) is 31.0 Å². The van der Waals surface area contributed by atoms with E-state index in [1.54, 1.807) is 0 Å². The minimum absolute atomic E-state index is 0.783. The standard InChI is InChI=1S/C9H19NOS2/c12-7-6-11-5-3-10-2-1-8-13-9-4-10/h12H,1-9H2. The average Bonchev–Trinajstić information content (AvgIpc) is 2.41. The summed E-state index contributed by atoms with van der Waals surface area (Å²) in [6, 6.07) is 0. The number of hydrogen-bond acceptors (Lipinski definition) is 4. The van der Waals surface area contributed by atoms with Gasteiger partial charge in [-0.3, -0.25) is 0 Å². The molecular weight excluding hydrogens is 202 g/mol. The Morgan fingerprint density at radius 1 is 1.23 bits per heavy atom. The molecule has 1 rings (SSSR count). The third-order valence-electron chi connectivity index (χ3n) is 2.10. The van der Waals surface area contributed by atoms with Gasteiger partial charge in [0.25, 0.3) is 0 Å². The van der Waals surface area contributed by atoms with Crippen LogP contribution >= 0.6 is 24.4 Å². The van der Waals surface area contributed by atoms with Crippen molar-refractivity contribution in [2.45, 2.75) is 6.42 Å². The van der Waals surface area contributed by atoms with E-state index in [9.17, 15) is 0 Å². The number of ether oxygens (including phenoxy) is 1. The van der Waals surface area contributed by atoms with Gasteiger partial charge >= 0.3 is 0 Å². The molecule has 0 unspecified atom stereocenters. The highest BCUT2D eigenvalue weighted by molar-refractivity contribution is 7.99. The minimum Gasteiger partial charge on any atom is -0.379 e. The second-order valence-electron chi connectivity index (χ2n) is 3.14. The van der Waals surface area contributed by atoms with Crippen molar-refractivity contribution in [3.05, 3.63) is 0 Å².